The number of aryl methyl sites for hydroxylation is 1. The summed E-state index contributed by atoms with van der Waals surface area (Å²) in [5, 5.41) is 11.9. The minimum Gasteiger partial charge on any atom is -0.352 e. The highest BCUT2D eigenvalue weighted by Crippen LogP contribution is 2.20. The monoisotopic (exact) mass is 318 g/mol. The Morgan fingerprint density at radius 2 is 2.50 bits per heavy atom. The number of nitrogens with one attached hydrogen (secondary N) is 2. The molecule has 22 heavy (non-hydrogen) atoms. The molecular formula is C16H22N4OS. The van der Waals surface area contributed by atoms with Gasteiger partial charge >= 0.3 is 0 Å². The molecule has 2 aromatic rings. The lowest BCUT2D eigenvalue weighted by Gasteiger charge is -2.32. The summed E-state index contributed by atoms with van der Waals surface area (Å²) in [7, 11) is 0. The number of aromatic amines is 1. The van der Waals surface area contributed by atoms with E-state index in [4.69, 9.17) is 0 Å². The molecular weight excluding hydrogens is 296 g/mol. The number of nitrogens with zero attached hydrogens (tertiary/aromatic N) is 2. The van der Waals surface area contributed by atoms with Crippen molar-refractivity contribution in [2.75, 3.05) is 19.6 Å². The quantitative estimate of drug-likeness (QED) is 0.890. The molecule has 2 aromatic heterocycles. The fourth-order valence-electron chi connectivity index (χ4n) is 3.00. The SMILES string of the molecule is Cc1[nH]ncc1C(=O)NC[C@@H]1CCCN(Cc2cccs2)C1. The molecule has 2 N–H and O–H groups in total. The molecule has 0 radical (unpaired) electrons. The molecule has 1 aliphatic heterocycles. The zero-order valence-electron chi connectivity index (χ0n) is 12.8. The molecule has 118 valence electrons. The highest BCUT2D eigenvalue weighted by molar-refractivity contribution is 7.09. The normalized spacial score (nSPS) is 19.2. The average molecular weight is 318 g/mol. The maximum absolute atomic E-state index is 12.1. The summed E-state index contributed by atoms with van der Waals surface area (Å²) in [5.41, 5.74) is 1.46. The van der Waals surface area contributed by atoms with Gasteiger partial charge in [-0.1, -0.05) is 6.07 Å². The standard InChI is InChI=1S/C16H22N4OS/c1-12-15(9-18-19-12)16(21)17-8-13-4-2-6-20(10-13)11-14-5-3-7-22-14/h3,5,7,9,13H,2,4,6,8,10-11H2,1H3,(H,17,21)(H,18,19)/t13-/m0/s1. The second-order valence-electron chi connectivity index (χ2n) is 5.94. The van der Waals surface area contributed by atoms with Gasteiger partial charge in [-0.2, -0.15) is 5.10 Å². The number of thiophene rings is 1. The van der Waals surface area contributed by atoms with E-state index in [0.29, 0.717) is 11.5 Å². The molecule has 0 aromatic carbocycles. The van der Waals surface area contributed by atoms with Gasteiger partial charge in [0, 0.05) is 30.2 Å². The number of H-pyrrole nitrogens is 1. The van der Waals surface area contributed by atoms with Crippen LogP contribution in [-0.4, -0.2) is 40.6 Å². The molecule has 5 nitrogen and oxygen atoms in total. The van der Waals surface area contributed by atoms with Crippen LogP contribution in [-0.2, 0) is 6.54 Å². The number of aromatic nitrogens is 2. The molecule has 0 bridgehead atoms. The highest BCUT2D eigenvalue weighted by atomic mass is 32.1. The molecule has 1 aliphatic rings. The number of piperidine rings is 1. The molecule has 3 heterocycles. The molecule has 0 aliphatic carbocycles. The predicted octanol–water partition coefficient (Wildman–Crippen LogP) is 2.42. The van der Waals surface area contributed by atoms with Crippen LogP contribution in [0.15, 0.2) is 23.7 Å². The molecule has 1 saturated heterocycles. The minimum absolute atomic E-state index is 0.0263. The zero-order chi connectivity index (χ0) is 15.4. The maximum Gasteiger partial charge on any atom is 0.254 e. The maximum atomic E-state index is 12.1. The first kappa shape index (κ1) is 15.2. The number of hydrogen-bond donors (Lipinski definition) is 2. The van der Waals surface area contributed by atoms with Crippen molar-refractivity contribution in [2.45, 2.75) is 26.3 Å². The van der Waals surface area contributed by atoms with Gasteiger partial charge in [0.05, 0.1) is 11.8 Å². The minimum atomic E-state index is -0.0263. The van der Waals surface area contributed by atoms with Crippen LogP contribution in [0.3, 0.4) is 0 Å². The molecule has 6 heteroatoms. The zero-order valence-corrected chi connectivity index (χ0v) is 13.7. The Morgan fingerprint density at radius 1 is 1.59 bits per heavy atom. The van der Waals surface area contributed by atoms with Crippen molar-refractivity contribution in [3.63, 3.8) is 0 Å². The fourth-order valence-corrected chi connectivity index (χ4v) is 3.74. The first-order valence-electron chi connectivity index (χ1n) is 7.75. The van der Waals surface area contributed by atoms with E-state index in [1.54, 1.807) is 6.20 Å². The van der Waals surface area contributed by atoms with Crippen LogP contribution in [0.4, 0.5) is 0 Å². The Morgan fingerprint density at radius 3 is 3.23 bits per heavy atom. The first-order chi connectivity index (χ1) is 10.7. The van der Waals surface area contributed by atoms with Crippen LogP contribution in [0.5, 0.6) is 0 Å². The third-order valence-corrected chi connectivity index (χ3v) is 5.05. The number of likely N-dealkylation sites (tertiary alicyclic amines) is 1. The molecule has 1 atom stereocenters. The number of rotatable bonds is 5. The molecule has 0 unspecified atom stereocenters. The Bertz CT molecular complexity index is 607. The van der Waals surface area contributed by atoms with Crippen LogP contribution in [0.25, 0.3) is 0 Å². The van der Waals surface area contributed by atoms with E-state index in [9.17, 15) is 4.79 Å². The summed E-state index contributed by atoms with van der Waals surface area (Å²) >= 11 is 1.81. The number of carbonyl (C=O) groups excluding carboxylic acids is 1. The van der Waals surface area contributed by atoms with Gasteiger partial charge in [-0.15, -0.1) is 11.3 Å². The molecule has 1 fully saturated rings. The van der Waals surface area contributed by atoms with Crippen molar-refractivity contribution in [1.29, 1.82) is 0 Å². The van der Waals surface area contributed by atoms with Crippen LogP contribution >= 0.6 is 11.3 Å². The largest absolute Gasteiger partial charge is 0.352 e. The lowest BCUT2D eigenvalue weighted by molar-refractivity contribution is 0.0930. The van der Waals surface area contributed by atoms with Crippen molar-refractivity contribution in [1.82, 2.24) is 20.4 Å². The van der Waals surface area contributed by atoms with Gasteiger partial charge in [-0.3, -0.25) is 14.8 Å². The summed E-state index contributed by atoms with van der Waals surface area (Å²) in [6, 6.07) is 4.30. The number of amides is 1. The second-order valence-corrected chi connectivity index (χ2v) is 6.97. The van der Waals surface area contributed by atoms with Gasteiger partial charge < -0.3 is 5.32 Å². The molecule has 3 rings (SSSR count). The van der Waals surface area contributed by atoms with E-state index in [1.807, 2.05) is 18.3 Å². The van der Waals surface area contributed by atoms with Gasteiger partial charge in [0.25, 0.3) is 5.91 Å². The topological polar surface area (TPSA) is 61.0 Å². The third-order valence-electron chi connectivity index (χ3n) is 4.19. The average Bonchev–Trinajstić information content (AvgIpc) is 3.17. The predicted molar refractivity (Wildman–Crippen MR) is 88.0 cm³/mol. The van der Waals surface area contributed by atoms with E-state index in [1.165, 1.54) is 17.7 Å². The summed E-state index contributed by atoms with van der Waals surface area (Å²) in [4.78, 5) is 16.0. The highest BCUT2D eigenvalue weighted by Gasteiger charge is 2.21. The van der Waals surface area contributed by atoms with Crippen molar-refractivity contribution in [2.24, 2.45) is 5.92 Å². The van der Waals surface area contributed by atoms with Crippen LogP contribution in [0.1, 0.15) is 33.8 Å². The van der Waals surface area contributed by atoms with Crippen molar-refractivity contribution in [3.05, 3.63) is 39.8 Å². The lowest BCUT2D eigenvalue weighted by Crippen LogP contribution is -2.40. The second kappa shape index (κ2) is 7.07. The summed E-state index contributed by atoms with van der Waals surface area (Å²) in [6.45, 7) is 5.85. The number of hydrogen-bond acceptors (Lipinski definition) is 4. The fraction of sp³-hybridized carbons (Fsp3) is 0.500. The van der Waals surface area contributed by atoms with Crippen LogP contribution < -0.4 is 5.32 Å². The van der Waals surface area contributed by atoms with Gasteiger partial charge in [0.15, 0.2) is 0 Å². The van der Waals surface area contributed by atoms with Crippen molar-refractivity contribution < 1.29 is 4.79 Å². The Labute approximate surface area is 134 Å². The number of carbonyl (C=O) groups is 1. The van der Waals surface area contributed by atoms with Gasteiger partial charge in [-0.25, -0.2) is 0 Å². The Hall–Kier alpha value is -1.66. The van der Waals surface area contributed by atoms with E-state index in [-0.39, 0.29) is 5.91 Å². The molecule has 0 spiro atoms. The smallest absolute Gasteiger partial charge is 0.254 e. The van der Waals surface area contributed by atoms with Gasteiger partial charge in [0.1, 0.15) is 0 Å². The van der Waals surface area contributed by atoms with E-state index in [2.05, 4.69) is 37.9 Å². The Kier molecular flexibility index (Phi) is 4.90. The van der Waals surface area contributed by atoms with Crippen molar-refractivity contribution in [3.8, 4) is 0 Å². The lowest BCUT2D eigenvalue weighted by atomic mass is 9.98. The summed E-state index contributed by atoms with van der Waals surface area (Å²) in [5.74, 6) is 0.506. The molecule has 1 amide bonds. The van der Waals surface area contributed by atoms with Crippen molar-refractivity contribution >= 4 is 17.2 Å². The summed E-state index contributed by atoms with van der Waals surface area (Å²) in [6.07, 6.45) is 3.98. The van der Waals surface area contributed by atoms with Gasteiger partial charge in [0.2, 0.25) is 0 Å². The van der Waals surface area contributed by atoms with Crippen LogP contribution in [0, 0.1) is 12.8 Å². The molecule has 0 saturated carbocycles. The first-order valence-corrected chi connectivity index (χ1v) is 8.63. The summed E-state index contributed by atoms with van der Waals surface area (Å²) < 4.78 is 0. The van der Waals surface area contributed by atoms with Crippen LogP contribution in [0.2, 0.25) is 0 Å². The van der Waals surface area contributed by atoms with Gasteiger partial charge in [-0.05, 0) is 43.7 Å². The van der Waals surface area contributed by atoms with E-state index in [0.717, 1.165) is 31.9 Å². The third kappa shape index (κ3) is 3.75. The van der Waals surface area contributed by atoms with E-state index < -0.39 is 0 Å². The Balaban J connectivity index is 1.48. The van der Waals surface area contributed by atoms with E-state index >= 15 is 0 Å².